The van der Waals surface area contributed by atoms with Crippen molar-refractivity contribution in [3.05, 3.63) is 50.2 Å². The van der Waals surface area contributed by atoms with Crippen LogP contribution in [0.2, 0.25) is 0 Å². The van der Waals surface area contributed by atoms with Crippen LogP contribution in [0.1, 0.15) is 37.9 Å². The number of rotatable bonds is 4. The summed E-state index contributed by atoms with van der Waals surface area (Å²) >= 11 is 0. The molecule has 0 radical (unpaired) electrons. The number of amides is 4. The van der Waals surface area contributed by atoms with Gasteiger partial charge in [-0.05, 0) is 50.6 Å². The molecule has 2 N–H and O–H groups in total. The van der Waals surface area contributed by atoms with Crippen LogP contribution in [0.25, 0.3) is 0 Å². The van der Waals surface area contributed by atoms with Gasteiger partial charge in [-0.3, -0.25) is 43.6 Å². The standard InChI is InChI=1S/C27H33N7O6/c1-6-32-9-10-33-19-8-7-17(28-13-18-21(35)29-25(39)34(15(2)3)22(18)36)11-16(19)12-27(20(33)14-32)23(37)30(4)26(40)31(5)24(27)38/h7-8,11,13,15,20,36H,6,9-10,12,14H2,1-5H3,(H,29,35,39)/t20-/m1/s1. The van der Waals surface area contributed by atoms with E-state index in [-0.39, 0.29) is 12.0 Å². The van der Waals surface area contributed by atoms with E-state index in [1.165, 1.54) is 20.3 Å². The Morgan fingerprint density at radius 1 is 1.10 bits per heavy atom. The number of hydrogen-bond donors (Lipinski definition) is 2. The molecule has 212 valence electrons. The number of benzene rings is 1. The van der Waals surface area contributed by atoms with E-state index in [9.17, 15) is 29.1 Å². The number of aromatic nitrogens is 2. The second kappa shape index (κ2) is 9.73. The van der Waals surface area contributed by atoms with Crippen molar-refractivity contribution < 1.29 is 19.5 Å². The van der Waals surface area contributed by atoms with Crippen LogP contribution in [0.4, 0.5) is 16.2 Å². The van der Waals surface area contributed by atoms with Crippen molar-refractivity contribution in [2.75, 3.05) is 45.2 Å². The van der Waals surface area contributed by atoms with Gasteiger partial charge in [0.25, 0.3) is 5.56 Å². The molecule has 2 aromatic rings. The zero-order chi connectivity index (χ0) is 29.1. The Bertz CT molecular complexity index is 1530. The van der Waals surface area contributed by atoms with Crippen LogP contribution in [0.15, 0.2) is 32.8 Å². The maximum atomic E-state index is 13.8. The lowest BCUT2D eigenvalue weighted by molar-refractivity contribution is -0.160. The quantitative estimate of drug-likeness (QED) is 0.416. The number of nitrogens with zero attached hydrogens (tertiary/aromatic N) is 6. The number of likely N-dealkylation sites (N-methyl/N-ethyl adjacent to an activating group) is 1. The van der Waals surface area contributed by atoms with Crippen molar-refractivity contribution in [3.63, 3.8) is 0 Å². The summed E-state index contributed by atoms with van der Waals surface area (Å²) in [6.45, 7) is 8.04. The van der Waals surface area contributed by atoms with Crippen LogP contribution in [-0.2, 0) is 16.0 Å². The van der Waals surface area contributed by atoms with Crippen LogP contribution >= 0.6 is 0 Å². The number of imide groups is 2. The molecule has 0 bridgehead atoms. The lowest BCUT2D eigenvalue weighted by Gasteiger charge is -2.56. The van der Waals surface area contributed by atoms with E-state index in [0.717, 1.165) is 33.1 Å². The molecule has 1 spiro atoms. The SMILES string of the molecule is CCN1CCN2c3ccc(N=Cc4c(O)n(C(C)C)c(=O)[nH]c4=O)cc3CC3(C(=O)N(C)C(=O)N(C)C3=O)[C@H]2C1. The topological polar surface area (TPSA) is 152 Å². The molecule has 40 heavy (non-hydrogen) atoms. The van der Waals surface area contributed by atoms with E-state index in [4.69, 9.17) is 0 Å². The zero-order valence-corrected chi connectivity index (χ0v) is 23.2. The number of aliphatic imine (C=N–C) groups is 1. The van der Waals surface area contributed by atoms with E-state index in [2.05, 4.69) is 19.8 Å². The van der Waals surface area contributed by atoms with E-state index < -0.39 is 52.5 Å². The first-order valence-corrected chi connectivity index (χ1v) is 13.3. The molecule has 1 atom stereocenters. The first-order chi connectivity index (χ1) is 18.9. The summed E-state index contributed by atoms with van der Waals surface area (Å²) in [5, 5.41) is 10.6. The fourth-order valence-corrected chi connectivity index (χ4v) is 6.14. The predicted molar refractivity (Wildman–Crippen MR) is 147 cm³/mol. The van der Waals surface area contributed by atoms with Gasteiger partial charge in [0.15, 0.2) is 5.41 Å². The Hall–Kier alpha value is -4.26. The van der Waals surface area contributed by atoms with Crippen LogP contribution in [0.5, 0.6) is 5.88 Å². The highest BCUT2D eigenvalue weighted by Crippen LogP contribution is 2.47. The molecule has 0 saturated carbocycles. The van der Waals surface area contributed by atoms with Crippen LogP contribution in [0.3, 0.4) is 0 Å². The average Bonchev–Trinajstić information content (AvgIpc) is 2.92. The van der Waals surface area contributed by atoms with Crippen molar-refractivity contribution in [3.8, 4) is 5.88 Å². The van der Waals surface area contributed by atoms with Crippen LogP contribution < -0.4 is 16.1 Å². The van der Waals surface area contributed by atoms with Crippen molar-refractivity contribution in [2.24, 2.45) is 10.4 Å². The third-order valence-electron chi connectivity index (χ3n) is 8.28. The highest BCUT2D eigenvalue weighted by atomic mass is 16.3. The fraction of sp³-hybridized carbons (Fsp3) is 0.481. The summed E-state index contributed by atoms with van der Waals surface area (Å²) in [5.41, 5.74) is -1.15. The number of urea groups is 1. The molecule has 3 aliphatic rings. The number of anilines is 1. The van der Waals surface area contributed by atoms with Gasteiger partial charge in [-0.15, -0.1) is 0 Å². The van der Waals surface area contributed by atoms with Gasteiger partial charge in [0.05, 0.1) is 11.7 Å². The monoisotopic (exact) mass is 551 g/mol. The zero-order valence-electron chi connectivity index (χ0n) is 23.2. The third kappa shape index (κ3) is 3.95. The number of nitrogens with one attached hydrogen (secondary N) is 1. The average molecular weight is 552 g/mol. The summed E-state index contributed by atoms with van der Waals surface area (Å²) in [4.78, 5) is 77.7. The number of fused-ring (bicyclic) bond motifs is 4. The lowest BCUT2D eigenvalue weighted by atomic mass is 9.67. The Balaban J connectivity index is 1.60. The van der Waals surface area contributed by atoms with E-state index in [1.807, 2.05) is 13.0 Å². The van der Waals surface area contributed by atoms with Crippen molar-refractivity contribution in [2.45, 2.75) is 39.3 Å². The molecule has 2 fully saturated rings. The van der Waals surface area contributed by atoms with Gasteiger partial charge in [-0.1, -0.05) is 6.92 Å². The number of carbonyl (C=O) groups is 3. The third-order valence-corrected chi connectivity index (χ3v) is 8.28. The van der Waals surface area contributed by atoms with Gasteiger partial charge in [0, 0.05) is 51.7 Å². The van der Waals surface area contributed by atoms with Gasteiger partial charge < -0.3 is 10.0 Å². The Labute approximate surface area is 230 Å². The molecule has 5 rings (SSSR count). The number of carbonyl (C=O) groups excluding carboxylic acids is 3. The summed E-state index contributed by atoms with van der Waals surface area (Å²) in [6.07, 6.45) is 1.26. The minimum absolute atomic E-state index is 0.0775. The molecule has 1 aromatic heterocycles. The Kier molecular flexibility index (Phi) is 6.65. The van der Waals surface area contributed by atoms with Gasteiger partial charge in [0.2, 0.25) is 17.7 Å². The van der Waals surface area contributed by atoms with Crippen LogP contribution in [-0.4, -0.2) is 99.7 Å². The molecular weight excluding hydrogens is 518 g/mol. The molecule has 1 aromatic carbocycles. The number of aromatic amines is 1. The van der Waals surface area contributed by atoms with Gasteiger partial charge in [-0.25, -0.2) is 9.59 Å². The van der Waals surface area contributed by atoms with Gasteiger partial charge in [0.1, 0.15) is 5.56 Å². The minimum atomic E-state index is -1.50. The van der Waals surface area contributed by atoms with E-state index >= 15 is 0 Å². The van der Waals surface area contributed by atoms with E-state index in [0.29, 0.717) is 24.3 Å². The predicted octanol–water partition coefficient (Wildman–Crippen LogP) is 0.677. The maximum Gasteiger partial charge on any atom is 0.332 e. The summed E-state index contributed by atoms with van der Waals surface area (Å²) in [6, 6.07) is 3.86. The molecular formula is C27H33N7O6. The normalized spacial score (nSPS) is 21.1. The maximum absolute atomic E-state index is 13.8. The molecule has 4 amide bonds. The highest BCUT2D eigenvalue weighted by Gasteiger charge is 2.63. The van der Waals surface area contributed by atoms with Crippen molar-refractivity contribution in [1.29, 1.82) is 0 Å². The first-order valence-electron chi connectivity index (χ1n) is 13.3. The second-order valence-corrected chi connectivity index (χ2v) is 10.8. The smallest absolute Gasteiger partial charge is 0.332 e. The van der Waals surface area contributed by atoms with E-state index in [1.54, 1.807) is 26.0 Å². The molecule has 0 unspecified atom stereocenters. The molecule has 3 aliphatic heterocycles. The lowest BCUT2D eigenvalue weighted by Crippen LogP contribution is -2.74. The molecule has 0 aliphatic carbocycles. The molecule has 4 heterocycles. The summed E-state index contributed by atoms with van der Waals surface area (Å²) < 4.78 is 1.06. The van der Waals surface area contributed by atoms with Gasteiger partial charge in [-0.2, -0.15) is 0 Å². The Morgan fingerprint density at radius 2 is 1.77 bits per heavy atom. The second-order valence-electron chi connectivity index (χ2n) is 10.8. The van der Waals surface area contributed by atoms with Crippen molar-refractivity contribution >= 4 is 35.4 Å². The van der Waals surface area contributed by atoms with Crippen LogP contribution in [0, 0.1) is 5.41 Å². The Morgan fingerprint density at radius 3 is 2.40 bits per heavy atom. The fourth-order valence-electron chi connectivity index (χ4n) is 6.14. The van der Waals surface area contributed by atoms with Crippen molar-refractivity contribution in [1.82, 2.24) is 24.3 Å². The largest absolute Gasteiger partial charge is 0.494 e. The number of hydrogen-bond acceptors (Lipinski definition) is 9. The molecule has 13 heteroatoms. The van der Waals surface area contributed by atoms with Gasteiger partial charge >= 0.3 is 11.7 Å². The summed E-state index contributed by atoms with van der Waals surface area (Å²) in [7, 11) is 2.80. The molecule has 2 saturated heterocycles. The first kappa shape index (κ1) is 27.3. The molecule has 13 nitrogen and oxygen atoms in total. The minimum Gasteiger partial charge on any atom is -0.494 e. The highest BCUT2D eigenvalue weighted by molar-refractivity contribution is 6.20. The summed E-state index contributed by atoms with van der Waals surface area (Å²) in [5.74, 6) is -1.55. The number of aromatic hydroxyl groups is 1. The number of piperazine rings is 1. The number of barbiturate groups is 1. The number of H-pyrrole nitrogens is 1.